The predicted octanol–water partition coefficient (Wildman–Crippen LogP) is 2.32. The van der Waals surface area contributed by atoms with Gasteiger partial charge >= 0.3 is 0 Å². The zero-order chi connectivity index (χ0) is 12.5. The van der Waals surface area contributed by atoms with E-state index in [9.17, 15) is 4.39 Å². The fraction of sp³-hybridized carbons (Fsp3) is 0.571. The Labute approximate surface area is 103 Å². The first-order valence-electron chi connectivity index (χ1n) is 6.20. The van der Waals surface area contributed by atoms with Gasteiger partial charge in [-0.1, -0.05) is 6.07 Å². The molecule has 1 aromatic carbocycles. The molecule has 0 amide bonds. The summed E-state index contributed by atoms with van der Waals surface area (Å²) in [6, 6.07) is 5.05. The first-order valence-corrected chi connectivity index (χ1v) is 6.20. The Morgan fingerprint density at radius 1 is 1.41 bits per heavy atom. The average Bonchev–Trinajstić information content (AvgIpc) is 2.26. The van der Waals surface area contributed by atoms with Gasteiger partial charge in [-0.15, -0.1) is 0 Å². The van der Waals surface area contributed by atoms with Crippen LogP contribution in [0.1, 0.15) is 25.0 Å². The van der Waals surface area contributed by atoms with E-state index in [0.717, 1.165) is 31.7 Å². The minimum Gasteiger partial charge on any atom is -0.314 e. The highest BCUT2D eigenvalue weighted by atomic mass is 19.1. The molecule has 1 saturated heterocycles. The Morgan fingerprint density at radius 2 is 2.18 bits per heavy atom. The summed E-state index contributed by atoms with van der Waals surface area (Å²) < 4.78 is 13.3. The largest absolute Gasteiger partial charge is 0.314 e. The van der Waals surface area contributed by atoms with Gasteiger partial charge in [-0.3, -0.25) is 4.90 Å². The maximum absolute atomic E-state index is 13.3. The zero-order valence-electron chi connectivity index (χ0n) is 10.9. The molecule has 1 N–H and O–H groups in total. The monoisotopic (exact) mass is 236 g/mol. The summed E-state index contributed by atoms with van der Waals surface area (Å²) in [5, 5.41) is 3.40. The fourth-order valence-electron chi connectivity index (χ4n) is 2.33. The molecule has 0 saturated carbocycles. The van der Waals surface area contributed by atoms with Crippen molar-refractivity contribution in [2.45, 2.75) is 32.9 Å². The van der Waals surface area contributed by atoms with Crippen LogP contribution in [-0.2, 0) is 6.54 Å². The second kappa shape index (κ2) is 4.75. The van der Waals surface area contributed by atoms with Gasteiger partial charge in [0.15, 0.2) is 0 Å². The van der Waals surface area contributed by atoms with Gasteiger partial charge in [-0.25, -0.2) is 4.39 Å². The van der Waals surface area contributed by atoms with E-state index in [4.69, 9.17) is 0 Å². The summed E-state index contributed by atoms with van der Waals surface area (Å²) in [6.07, 6.45) is 0. The predicted molar refractivity (Wildman–Crippen MR) is 68.5 cm³/mol. The normalized spacial score (nSPS) is 20.5. The topological polar surface area (TPSA) is 15.3 Å². The summed E-state index contributed by atoms with van der Waals surface area (Å²) >= 11 is 0. The summed E-state index contributed by atoms with van der Waals surface area (Å²) in [6.45, 7) is 10.4. The lowest BCUT2D eigenvalue weighted by Gasteiger charge is -2.43. The number of hydrogen-bond donors (Lipinski definition) is 1. The smallest absolute Gasteiger partial charge is 0.123 e. The summed E-state index contributed by atoms with van der Waals surface area (Å²) in [4.78, 5) is 2.42. The Hall–Kier alpha value is -0.930. The maximum atomic E-state index is 13.3. The van der Waals surface area contributed by atoms with Crippen LogP contribution in [0.15, 0.2) is 18.2 Å². The van der Waals surface area contributed by atoms with E-state index in [1.165, 1.54) is 11.6 Å². The van der Waals surface area contributed by atoms with Crippen LogP contribution < -0.4 is 5.32 Å². The first kappa shape index (κ1) is 12.5. The van der Waals surface area contributed by atoms with Gasteiger partial charge in [-0.05, 0) is 44.0 Å². The van der Waals surface area contributed by atoms with Crippen LogP contribution in [0.5, 0.6) is 0 Å². The molecule has 1 aliphatic rings. The van der Waals surface area contributed by atoms with Gasteiger partial charge < -0.3 is 5.32 Å². The number of piperazine rings is 1. The number of rotatable bonds is 2. The van der Waals surface area contributed by atoms with Crippen LogP contribution in [0.25, 0.3) is 0 Å². The van der Waals surface area contributed by atoms with Crippen molar-refractivity contribution in [3.05, 3.63) is 35.1 Å². The lowest BCUT2D eigenvalue weighted by molar-refractivity contribution is 0.0825. The third-order valence-corrected chi connectivity index (χ3v) is 3.64. The standard InChI is InChI=1S/C14H21FN2/c1-11-4-5-13(15)8-12(11)9-17-7-6-16-10-14(17,2)3/h4-5,8,16H,6-7,9-10H2,1-3H3. The van der Waals surface area contributed by atoms with Crippen molar-refractivity contribution in [3.8, 4) is 0 Å². The highest BCUT2D eigenvalue weighted by molar-refractivity contribution is 5.26. The number of halogens is 1. The Bertz CT molecular complexity index is 401. The van der Waals surface area contributed by atoms with Crippen LogP contribution in [0.3, 0.4) is 0 Å². The molecule has 0 aromatic heterocycles. The van der Waals surface area contributed by atoms with Crippen LogP contribution in [0, 0.1) is 12.7 Å². The van der Waals surface area contributed by atoms with E-state index >= 15 is 0 Å². The molecule has 0 radical (unpaired) electrons. The number of nitrogens with one attached hydrogen (secondary N) is 1. The van der Waals surface area contributed by atoms with E-state index in [-0.39, 0.29) is 11.4 Å². The van der Waals surface area contributed by atoms with Crippen molar-refractivity contribution in [2.24, 2.45) is 0 Å². The quantitative estimate of drug-likeness (QED) is 0.847. The molecule has 0 spiro atoms. The van der Waals surface area contributed by atoms with Crippen LogP contribution in [0.2, 0.25) is 0 Å². The van der Waals surface area contributed by atoms with E-state index in [0.29, 0.717) is 0 Å². The van der Waals surface area contributed by atoms with Gasteiger partial charge in [0, 0.05) is 31.7 Å². The third-order valence-electron chi connectivity index (χ3n) is 3.64. The minimum atomic E-state index is -0.140. The molecule has 94 valence electrons. The van der Waals surface area contributed by atoms with E-state index < -0.39 is 0 Å². The van der Waals surface area contributed by atoms with Gasteiger partial charge in [0.1, 0.15) is 5.82 Å². The Balaban J connectivity index is 2.16. The average molecular weight is 236 g/mol. The Kier molecular flexibility index (Phi) is 3.50. The Morgan fingerprint density at radius 3 is 2.88 bits per heavy atom. The number of hydrogen-bond acceptors (Lipinski definition) is 2. The molecule has 3 heteroatoms. The summed E-state index contributed by atoms with van der Waals surface area (Å²) in [7, 11) is 0. The van der Waals surface area contributed by atoms with E-state index in [1.807, 2.05) is 13.0 Å². The molecule has 1 aliphatic heterocycles. The maximum Gasteiger partial charge on any atom is 0.123 e. The SMILES string of the molecule is Cc1ccc(F)cc1CN1CCNCC1(C)C. The van der Waals surface area contributed by atoms with Crippen LogP contribution >= 0.6 is 0 Å². The molecule has 1 heterocycles. The van der Waals surface area contributed by atoms with Gasteiger partial charge in [0.05, 0.1) is 0 Å². The van der Waals surface area contributed by atoms with Gasteiger partial charge in [-0.2, -0.15) is 0 Å². The van der Waals surface area contributed by atoms with Crippen molar-refractivity contribution >= 4 is 0 Å². The second-order valence-corrected chi connectivity index (χ2v) is 5.48. The summed E-state index contributed by atoms with van der Waals surface area (Å²) in [5.41, 5.74) is 2.40. The molecule has 0 bridgehead atoms. The number of nitrogens with zero attached hydrogens (tertiary/aromatic N) is 1. The fourth-order valence-corrected chi connectivity index (χ4v) is 2.33. The zero-order valence-corrected chi connectivity index (χ0v) is 10.9. The molecule has 2 rings (SSSR count). The van der Waals surface area contributed by atoms with Crippen molar-refractivity contribution in [1.82, 2.24) is 10.2 Å². The minimum absolute atomic E-state index is 0.136. The molecule has 1 fully saturated rings. The number of benzene rings is 1. The third kappa shape index (κ3) is 2.85. The second-order valence-electron chi connectivity index (χ2n) is 5.48. The van der Waals surface area contributed by atoms with Crippen molar-refractivity contribution < 1.29 is 4.39 Å². The van der Waals surface area contributed by atoms with Crippen LogP contribution in [-0.4, -0.2) is 30.1 Å². The number of aryl methyl sites for hydroxylation is 1. The molecule has 0 aliphatic carbocycles. The molecule has 0 unspecified atom stereocenters. The first-order chi connectivity index (χ1) is 7.99. The summed E-state index contributed by atoms with van der Waals surface area (Å²) in [5.74, 6) is -0.140. The lowest BCUT2D eigenvalue weighted by Crippen LogP contribution is -2.57. The molecule has 17 heavy (non-hydrogen) atoms. The van der Waals surface area contributed by atoms with Crippen molar-refractivity contribution in [3.63, 3.8) is 0 Å². The van der Waals surface area contributed by atoms with Crippen LogP contribution in [0.4, 0.5) is 4.39 Å². The molecular formula is C14H21FN2. The van der Waals surface area contributed by atoms with Crippen molar-refractivity contribution in [1.29, 1.82) is 0 Å². The highest BCUT2D eigenvalue weighted by Gasteiger charge is 2.29. The molecule has 1 aromatic rings. The van der Waals surface area contributed by atoms with Crippen molar-refractivity contribution in [2.75, 3.05) is 19.6 Å². The van der Waals surface area contributed by atoms with Gasteiger partial charge in [0.25, 0.3) is 0 Å². The lowest BCUT2D eigenvalue weighted by atomic mass is 9.98. The molecule has 0 atom stereocenters. The van der Waals surface area contributed by atoms with E-state index in [2.05, 4.69) is 24.1 Å². The molecular weight excluding hydrogens is 215 g/mol. The highest BCUT2D eigenvalue weighted by Crippen LogP contribution is 2.21. The van der Waals surface area contributed by atoms with E-state index in [1.54, 1.807) is 6.07 Å². The van der Waals surface area contributed by atoms with Gasteiger partial charge in [0.2, 0.25) is 0 Å². The molecule has 2 nitrogen and oxygen atoms in total.